The second-order valence-corrected chi connectivity index (χ2v) is 3.39. The summed E-state index contributed by atoms with van der Waals surface area (Å²) in [7, 11) is 1.57. The lowest BCUT2D eigenvalue weighted by Gasteiger charge is -2.14. The van der Waals surface area contributed by atoms with Gasteiger partial charge in [-0.15, -0.1) is 0 Å². The minimum atomic E-state index is -0.0625. The number of allylic oxidation sites excluding steroid dienone is 2. The highest BCUT2D eigenvalue weighted by molar-refractivity contribution is 6.05. The Labute approximate surface area is 84.8 Å². The van der Waals surface area contributed by atoms with Crippen LogP contribution in [0.3, 0.4) is 0 Å². The number of amides is 2. The van der Waals surface area contributed by atoms with Crippen LogP contribution in [-0.2, 0) is 9.59 Å². The van der Waals surface area contributed by atoms with E-state index in [1.54, 1.807) is 7.05 Å². The molecule has 0 aromatic carbocycles. The molecule has 0 radical (unpaired) electrons. The lowest BCUT2D eigenvalue weighted by Crippen LogP contribution is -2.25. The molecule has 2 amide bonds. The molecule has 3 nitrogen and oxygen atoms in total. The predicted octanol–water partition coefficient (Wildman–Crippen LogP) is 1.59. The third-order valence-electron chi connectivity index (χ3n) is 2.73. The fourth-order valence-corrected chi connectivity index (χ4v) is 1.97. The van der Waals surface area contributed by atoms with Crippen molar-refractivity contribution < 1.29 is 9.59 Å². The van der Waals surface area contributed by atoms with Gasteiger partial charge in [-0.25, -0.2) is 0 Å². The maximum atomic E-state index is 11.4. The number of hydrogen-bond donors (Lipinski definition) is 0. The minimum absolute atomic E-state index is 0.00523. The summed E-state index contributed by atoms with van der Waals surface area (Å²) in [6.07, 6.45) is 5.45. The maximum Gasteiger partial charge on any atom is 0.233 e. The van der Waals surface area contributed by atoms with Crippen molar-refractivity contribution >= 4 is 11.8 Å². The fourth-order valence-electron chi connectivity index (χ4n) is 1.97. The van der Waals surface area contributed by atoms with Crippen LogP contribution in [0.1, 0.15) is 26.7 Å². The number of carbonyl (C=O) groups excluding carboxylic acids is 2. The van der Waals surface area contributed by atoms with E-state index in [2.05, 4.69) is 0 Å². The molecule has 0 aromatic rings. The van der Waals surface area contributed by atoms with Gasteiger partial charge in [-0.1, -0.05) is 26.0 Å². The molecule has 1 heterocycles. The molecular weight excluding hydrogens is 178 g/mol. The zero-order valence-corrected chi connectivity index (χ0v) is 8.99. The molecule has 0 N–H and O–H groups in total. The molecule has 2 unspecified atom stereocenters. The van der Waals surface area contributed by atoms with Crippen LogP contribution < -0.4 is 0 Å². The monoisotopic (exact) mass is 195 g/mol. The summed E-state index contributed by atoms with van der Waals surface area (Å²) >= 11 is 0. The zero-order chi connectivity index (χ0) is 10.7. The number of carbonyl (C=O) groups is 2. The molecule has 0 bridgehead atoms. The molecule has 2 aliphatic rings. The van der Waals surface area contributed by atoms with Crippen LogP contribution in [0, 0.1) is 11.8 Å². The second kappa shape index (κ2) is 4.40. The van der Waals surface area contributed by atoms with Gasteiger partial charge in [0.15, 0.2) is 0 Å². The van der Waals surface area contributed by atoms with E-state index < -0.39 is 0 Å². The topological polar surface area (TPSA) is 37.4 Å². The van der Waals surface area contributed by atoms with Crippen LogP contribution in [-0.4, -0.2) is 23.8 Å². The highest BCUT2D eigenvalue weighted by Gasteiger charge is 2.45. The molecule has 14 heavy (non-hydrogen) atoms. The summed E-state index contributed by atoms with van der Waals surface area (Å²) in [5, 5.41) is 0. The third kappa shape index (κ3) is 1.59. The molecule has 0 aromatic heterocycles. The third-order valence-corrected chi connectivity index (χ3v) is 2.73. The molecule has 1 aliphatic heterocycles. The van der Waals surface area contributed by atoms with Gasteiger partial charge < -0.3 is 0 Å². The summed E-state index contributed by atoms with van der Waals surface area (Å²) in [5.41, 5.74) is 0. The molecule has 2 rings (SSSR count). The highest BCUT2D eigenvalue weighted by atomic mass is 16.2. The van der Waals surface area contributed by atoms with Gasteiger partial charge in [0.2, 0.25) is 11.8 Å². The van der Waals surface area contributed by atoms with Crippen molar-refractivity contribution in [3.05, 3.63) is 12.2 Å². The average Bonchev–Trinajstić information content (AvgIpc) is 2.48. The standard InChI is InChI=1S/C9H11NO2.C2H6/c1-10-8(11)6-4-2-3-5-7(6)9(10)12;1-2/h2-3,6-7H,4-5H2,1H3;1-2H3. The van der Waals surface area contributed by atoms with Crippen LogP contribution in [0.4, 0.5) is 0 Å². The van der Waals surface area contributed by atoms with Crippen molar-refractivity contribution in [1.29, 1.82) is 0 Å². The molecule has 0 spiro atoms. The molecular formula is C11H17NO2. The first-order valence-electron chi connectivity index (χ1n) is 5.18. The summed E-state index contributed by atoms with van der Waals surface area (Å²) in [5.74, 6) is -0.135. The number of rotatable bonds is 0. The van der Waals surface area contributed by atoms with Crippen molar-refractivity contribution in [2.45, 2.75) is 26.7 Å². The minimum Gasteiger partial charge on any atom is -0.285 e. The van der Waals surface area contributed by atoms with Gasteiger partial charge in [0.05, 0.1) is 11.8 Å². The quantitative estimate of drug-likeness (QED) is 0.435. The van der Waals surface area contributed by atoms with Crippen molar-refractivity contribution in [2.24, 2.45) is 11.8 Å². The Morgan fingerprint density at radius 1 is 1.07 bits per heavy atom. The average molecular weight is 195 g/mol. The summed E-state index contributed by atoms with van der Waals surface area (Å²) < 4.78 is 0. The van der Waals surface area contributed by atoms with Crippen molar-refractivity contribution in [3.8, 4) is 0 Å². The Bertz CT molecular complexity index is 244. The molecule has 78 valence electrons. The predicted molar refractivity (Wildman–Crippen MR) is 54.5 cm³/mol. The number of nitrogens with zero attached hydrogens (tertiary/aromatic N) is 1. The molecule has 1 fully saturated rings. The van der Waals surface area contributed by atoms with Gasteiger partial charge in [-0.05, 0) is 12.8 Å². The lowest BCUT2D eigenvalue weighted by atomic mass is 9.85. The maximum absolute atomic E-state index is 11.4. The fraction of sp³-hybridized carbons (Fsp3) is 0.636. The first-order valence-corrected chi connectivity index (χ1v) is 5.18. The van der Waals surface area contributed by atoms with Crippen molar-refractivity contribution in [3.63, 3.8) is 0 Å². The molecule has 1 saturated heterocycles. The van der Waals surface area contributed by atoms with E-state index in [9.17, 15) is 9.59 Å². The van der Waals surface area contributed by atoms with E-state index in [1.807, 2.05) is 26.0 Å². The SMILES string of the molecule is CC.CN1C(=O)C2CC=CCC2C1=O. The van der Waals surface area contributed by atoms with Crippen molar-refractivity contribution in [1.82, 2.24) is 4.90 Å². The summed E-state index contributed by atoms with van der Waals surface area (Å²) in [4.78, 5) is 24.1. The van der Waals surface area contributed by atoms with E-state index in [0.29, 0.717) is 0 Å². The largest absolute Gasteiger partial charge is 0.285 e. The Morgan fingerprint density at radius 3 is 1.79 bits per heavy atom. The lowest BCUT2D eigenvalue weighted by molar-refractivity contribution is -0.138. The smallest absolute Gasteiger partial charge is 0.233 e. The molecule has 3 heteroatoms. The van der Waals surface area contributed by atoms with Gasteiger partial charge in [0.1, 0.15) is 0 Å². The van der Waals surface area contributed by atoms with Gasteiger partial charge in [0, 0.05) is 7.05 Å². The molecule has 0 saturated carbocycles. The van der Waals surface area contributed by atoms with Gasteiger partial charge in [-0.2, -0.15) is 0 Å². The van der Waals surface area contributed by atoms with E-state index in [1.165, 1.54) is 4.90 Å². The van der Waals surface area contributed by atoms with E-state index >= 15 is 0 Å². The van der Waals surface area contributed by atoms with Crippen LogP contribution in [0.15, 0.2) is 12.2 Å². The zero-order valence-electron chi connectivity index (χ0n) is 8.99. The van der Waals surface area contributed by atoms with E-state index in [0.717, 1.165) is 12.8 Å². The highest BCUT2D eigenvalue weighted by Crippen LogP contribution is 2.33. The van der Waals surface area contributed by atoms with E-state index in [4.69, 9.17) is 0 Å². The van der Waals surface area contributed by atoms with Crippen LogP contribution in [0.25, 0.3) is 0 Å². The number of imide groups is 1. The van der Waals surface area contributed by atoms with Gasteiger partial charge in [0.25, 0.3) is 0 Å². The first-order chi connectivity index (χ1) is 6.72. The van der Waals surface area contributed by atoms with Crippen LogP contribution in [0.5, 0.6) is 0 Å². The van der Waals surface area contributed by atoms with Crippen LogP contribution in [0.2, 0.25) is 0 Å². The van der Waals surface area contributed by atoms with Crippen molar-refractivity contribution in [2.75, 3.05) is 7.05 Å². The van der Waals surface area contributed by atoms with Crippen LogP contribution >= 0.6 is 0 Å². The summed E-state index contributed by atoms with van der Waals surface area (Å²) in [6.45, 7) is 4.00. The van der Waals surface area contributed by atoms with Gasteiger partial charge >= 0.3 is 0 Å². The molecule has 2 atom stereocenters. The Kier molecular flexibility index (Phi) is 3.44. The number of hydrogen-bond acceptors (Lipinski definition) is 2. The summed E-state index contributed by atoms with van der Waals surface area (Å²) in [6, 6.07) is 0. The second-order valence-electron chi connectivity index (χ2n) is 3.39. The number of fused-ring (bicyclic) bond motifs is 1. The first kappa shape index (κ1) is 11.0. The van der Waals surface area contributed by atoms with Gasteiger partial charge in [-0.3, -0.25) is 14.5 Å². The number of likely N-dealkylation sites (tertiary alicyclic amines) is 1. The Balaban J connectivity index is 0.000000461. The Hall–Kier alpha value is -1.12. The Morgan fingerprint density at radius 2 is 1.43 bits per heavy atom. The van der Waals surface area contributed by atoms with E-state index in [-0.39, 0.29) is 23.7 Å². The molecule has 1 aliphatic carbocycles. The normalized spacial score (nSPS) is 29.8.